The van der Waals surface area contributed by atoms with E-state index in [0.29, 0.717) is 0 Å². The van der Waals surface area contributed by atoms with Crippen LogP contribution in [0.15, 0.2) is 121 Å². The Morgan fingerprint density at radius 3 is 0.744 bits per heavy atom. The Bertz CT molecular complexity index is 973. The van der Waals surface area contributed by atoms with Crippen molar-refractivity contribution in [3.8, 4) is 0 Å². The van der Waals surface area contributed by atoms with E-state index in [4.69, 9.17) is 38.3 Å². The Kier molecular flexibility index (Phi) is 20.5. The number of hydrogen-bond acceptors (Lipinski definition) is 2. The molecule has 4 rings (SSSR count). The van der Waals surface area contributed by atoms with E-state index >= 15 is 0 Å². The molecule has 4 aromatic rings. The van der Waals surface area contributed by atoms with Crippen molar-refractivity contribution in [2.45, 2.75) is 24.2 Å². The smallest absolute Gasteiger partial charge is 1.00 e. The summed E-state index contributed by atoms with van der Waals surface area (Å²) in [6, 6.07) is 36.1. The maximum atomic E-state index is 8.36. The van der Waals surface area contributed by atoms with Crippen LogP contribution in [0.3, 0.4) is 0 Å². The average Bonchev–Trinajstić information content (AvgIpc) is 2.93. The second-order valence-electron chi connectivity index (χ2n) is 7.79. The minimum Gasteiger partial charge on any atom is -1.00 e. The Labute approximate surface area is 251 Å². The predicted molar refractivity (Wildman–Crippen MR) is 143 cm³/mol. The molecule has 4 unspecified atom stereocenters. The zero-order chi connectivity index (χ0) is 26.3. The molecule has 39 heavy (non-hydrogen) atoms. The summed E-state index contributed by atoms with van der Waals surface area (Å²) in [6.07, 6.45) is 0. The number of nitrogens with one attached hydrogen (secondary N) is 4. The molecule has 0 saturated carbocycles. The fraction of sp³-hybridized carbons (Fsp3) is 0.143. The van der Waals surface area contributed by atoms with Gasteiger partial charge in [-0.1, -0.05) is 144 Å². The van der Waals surface area contributed by atoms with Gasteiger partial charge in [-0.2, -0.15) is 0 Å². The maximum Gasteiger partial charge on any atom is 3.00 e. The summed E-state index contributed by atoms with van der Waals surface area (Å²) >= 11 is 0. The molecule has 0 fully saturated rings. The summed E-state index contributed by atoms with van der Waals surface area (Å²) in [5.74, 6) is 0. The van der Waals surface area contributed by atoms with Crippen LogP contribution in [0.4, 0.5) is 0 Å². The van der Waals surface area contributed by atoms with Crippen LogP contribution in [0.25, 0.3) is 22.9 Å². The van der Waals surface area contributed by atoms with Gasteiger partial charge in [0, 0.05) is 0 Å². The molecule has 0 bridgehead atoms. The molecule has 0 heterocycles. The number of nitrogens with zero attached hydrogens (tertiary/aromatic N) is 1. The molecule has 11 heteroatoms. The summed E-state index contributed by atoms with van der Waals surface area (Å²) in [6.45, 7) is 0. The molecule has 4 atom stereocenters. The molecule has 0 radical (unpaired) electrons. The molecule has 5 N–H and O–H groups in total. The topological polar surface area (TPSA) is 159 Å². The van der Waals surface area contributed by atoms with Crippen LogP contribution in [0.1, 0.15) is 46.4 Å². The van der Waals surface area contributed by atoms with Crippen LogP contribution < -0.4 is 24.8 Å². The van der Waals surface area contributed by atoms with E-state index in [1.165, 1.54) is 0 Å². The van der Waals surface area contributed by atoms with E-state index in [-0.39, 0.29) is 41.6 Å². The summed E-state index contributed by atoms with van der Waals surface area (Å²) < 4.78 is 0. The van der Waals surface area contributed by atoms with E-state index in [9.17, 15) is 0 Å². The van der Waals surface area contributed by atoms with Gasteiger partial charge in [-0.15, -0.1) is 34.3 Å². The van der Waals surface area contributed by atoms with Gasteiger partial charge in [0.05, 0.1) is 0 Å². The van der Waals surface area contributed by atoms with Crippen molar-refractivity contribution in [2.75, 3.05) is 0 Å². The SMILES string of the molecule is O=[N+]([O-])O.[Cl-].[Cl-].[Co+3].[NH-]C(c1ccccc1)C([NH-])c1ccccc1.[NH-]C(c1ccccc1)C([NH-])c1ccccc1. The number of hydrogen-bond donors (Lipinski definition) is 1. The monoisotopic (exact) mass is 612 g/mol. The molecule has 0 spiro atoms. The van der Waals surface area contributed by atoms with Gasteiger partial charge < -0.3 is 53.0 Å². The second kappa shape index (κ2) is 20.9. The van der Waals surface area contributed by atoms with Crippen molar-refractivity contribution in [1.29, 1.82) is 0 Å². The molecule has 0 aromatic heterocycles. The summed E-state index contributed by atoms with van der Waals surface area (Å²) in [5, 5.41) is 13.6. The van der Waals surface area contributed by atoms with Gasteiger partial charge in [0.25, 0.3) is 5.09 Å². The van der Waals surface area contributed by atoms with E-state index in [0.717, 1.165) is 22.3 Å². The molecule has 4 aromatic carbocycles. The fourth-order valence-corrected chi connectivity index (χ4v) is 3.41. The molecule has 8 nitrogen and oxygen atoms in total. The van der Waals surface area contributed by atoms with Gasteiger partial charge in [0.2, 0.25) is 0 Å². The first-order chi connectivity index (χ1) is 17.3. The van der Waals surface area contributed by atoms with Crippen LogP contribution in [0.2, 0.25) is 0 Å². The van der Waals surface area contributed by atoms with Crippen LogP contribution in [-0.2, 0) is 16.8 Å². The zero-order valence-corrected chi connectivity index (χ0v) is 23.2. The van der Waals surface area contributed by atoms with E-state index in [1.807, 2.05) is 121 Å². The number of benzene rings is 4. The Morgan fingerprint density at radius 1 is 0.487 bits per heavy atom. The standard InChI is InChI=1S/2C14H14N2.2ClH.Co.HNO3/c2*15-13(11-7-3-1-4-8-11)14(16)12-9-5-2-6-10-12;;;;2-1(3)4/h2*1-10,13-16H;2*1H;;(H,2,3,4)/q2*-2;;;+3;/p-2. The van der Waals surface area contributed by atoms with E-state index < -0.39 is 29.3 Å². The molecule has 0 aliphatic heterocycles. The first-order valence-corrected chi connectivity index (χ1v) is 11.2. The van der Waals surface area contributed by atoms with Crippen molar-refractivity contribution in [1.82, 2.24) is 0 Å². The van der Waals surface area contributed by atoms with Gasteiger partial charge in [-0.25, -0.2) is 0 Å². The Morgan fingerprint density at radius 2 is 0.615 bits per heavy atom. The zero-order valence-electron chi connectivity index (χ0n) is 20.7. The number of halogens is 2. The average molecular weight is 613 g/mol. The second-order valence-corrected chi connectivity index (χ2v) is 7.79. The molecule has 210 valence electrons. The van der Waals surface area contributed by atoms with E-state index in [2.05, 4.69) is 0 Å². The van der Waals surface area contributed by atoms with Crippen molar-refractivity contribution in [3.05, 3.63) is 177 Å². The third-order valence-electron chi connectivity index (χ3n) is 5.30. The van der Waals surface area contributed by atoms with Gasteiger partial charge in [0.1, 0.15) is 0 Å². The van der Waals surface area contributed by atoms with Crippen molar-refractivity contribution < 1.29 is 51.9 Å². The minimum atomic E-state index is -1.50. The van der Waals surface area contributed by atoms with Crippen molar-refractivity contribution in [2.24, 2.45) is 0 Å². The fourth-order valence-electron chi connectivity index (χ4n) is 3.41. The van der Waals surface area contributed by atoms with Crippen LogP contribution >= 0.6 is 0 Å². The van der Waals surface area contributed by atoms with Gasteiger partial charge >= 0.3 is 16.8 Å². The minimum absolute atomic E-state index is 0. The third-order valence-corrected chi connectivity index (χ3v) is 5.30. The first-order valence-electron chi connectivity index (χ1n) is 11.2. The van der Waals surface area contributed by atoms with E-state index in [1.54, 1.807) is 0 Å². The summed E-state index contributed by atoms with van der Waals surface area (Å²) in [5.41, 5.74) is 35.9. The Hall–Kier alpha value is -2.99. The van der Waals surface area contributed by atoms with Crippen molar-refractivity contribution in [3.63, 3.8) is 0 Å². The number of rotatable bonds is 6. The maximum absolute atomic E-state index is 8.36. The third kappa shape index (κ3) is 13.6. The molecule has 0 aliphatic rings. The van der Waals surface area contributed by atoms with Crippen LogP contribution in [-0.4, -0.2) is 10.3 Å². The largest absolute Gasteiger partial charge is 3.00 e. The van der Waals surface area contributed by atoms with Crippen molar-refractivity contribution >= 4 is 0 Å². The van der Waals surface area contributed by atoms with Gasteiger partial charge in [-0.05, 0) is 0 Å². The summed E-state index contributed by atoms with van der Waals surface area (Å²) in [4.78, 5) is 8.36. The molecular formula is C28H29Cl2CoN5O3-3. The van der Waals surface area contributed by atoms with Crippen LogP contribution in [0, 0.1) is 10.1 Å². The normalized spacial score (nSPS) is 12.4. The quantitative estimate of drug-likeness (QED) is 0.262. The predicted octanol–water partition coefficient (Wildman–Crippen LogP) is 2.80. The molecule has 0 amide bonds. The first kappa shape index (κ1) is 38.2. The molecular weight excluding hydrogens is 584 g/mol. The molecule has 0 saturated heterocycles. The van der Waals surface area contributed by atoms with Gasteiger partial charge in [0.15, 0.2) is 0 Å². The molecule has 0 aliphatic carbocycles. The summed E-state index contributed by atoms with van der Waals surface area (Å²) in [7, 11) is 0. The van der Waals surface area contributed by atoms with Gasteiger partial charge in [-0.3, -0.25) is 0 Å². The Balaban J connectivity index is 0. The van der Waals surface area contributed by atoms with Crippen LogP contribution in [0.5, 0.6) is 0 Å².